The van der Waals surface area contributed by atoms with Crippen molar-refractivity contribution in [3.63, 3.8) is 0 Å². The lowest BCUT2D eigenvalue weighted by Gasteiger charge is -2.31. The quantitative estimate of drug-likeness (QED) is 0.891. The Bertz CT molecular complexity index is 447. The van der Waals surface area contributed by atoms with Gasteiger partial charge in [0.2, 0.25) is 0 Å². The Morgan fingerprint density at radius 2 is 2.28 bits per heavy atom. The van der Waals surface area contributed by atoms with Crippen molar-refractivity contribution in [2.24, 2.45) is 5.92 Å². The smallest absolute Gasteiger partial charge is 0.256 e. The molecule has 0 aromatic heterocycles. The van der Waals surface area contributed by atoms with E-state index < -0.39 is 0 Å². The molecule has 1 unspecified atom stereocenters. The second-order valence-corrected chi connectivity index (χ2v) is 5.37. The van der Waals surface area contributed by atoms with Crippen molar-refractivity contribution in [1.29, 1.82) is 0 Å². The van der Waals surface area contributed by atoms with Gasteiger partial charge in [0.1, 0.15) is 0 Å². The largest absolute Gasteiger partial charge is 0.387 e. The third-order valence-corrected chi connectivity index (χ3v) is 3.66. The van der Waals surface area contributed by atoms with Crippen molar-refractivity contribution in [2.45, 2.75) is 19.8 Å². The molecule has 1 heterocycles. The number of benzene rings is 1. The highest BCUT2D eigenvalue weighted by atomic mass is 35.5. The maximum absolute atomic E-state index is 12.5. The van der Waals surface area contributed by atoms with Gasteiger partial charge in [-0.15, -0.1) is 0 Å². The van der Waals surface area contributed by atoms with Crippen molar-refractivity contribution < 1.29 is 4.79 Å². The molecule has 0 spiro atoms. The number of amides is 1. The van der Waals surface area contributed by atoms with E-state index in [9.17, 15) is 4.79 Å². The van der Waals surface area contributed by atoms with Gasteiger partial charge in [-0.05, 0) is 37.0 Å². The zero-order chi connectivity index (χ0) is 13.1. The molecular weight excluding hydrogens is 248 g/mol. The minimum atomic E-state index is 0.0772. The van der Waals surface area contributed by atoms with E-state index in [-0.39, 0.29) is 5.91 Å². The highest BCUT2D eigenvalue weighted by Gasteiger charge is 2.23. The van der Waals surface area contributed by atoms with Crippen LogP contribution >= 0.6 is 11.6 Å². The third-order valence-electron chi connectivity index (χ3n) is 3.43. The molecule has 1 aromatic carbocycles. The summed E-state index contributed by atoms with van der Waals surface area (Å²) in [6, 6.07) is 5.39. The first-order valence-corrected chi connectivity index (χ1v) is 6.76. The van der Waals surface area contributed by atoms with Gasteiger partial charge in [-0.2, -0.15) is 0 Å². The molecule has 0 bridgehead atoms. The number of nitrogens with zero attached hydrogens (tertiary/aromatic N) is 1. The molecule has 0 aliphatic carbocycles. The molecular formula is C14H19ClN2O. The van der Waals surface area contributed by atoms with Gasteiger partial charge >= 0.3 is 0 Å². The van der Waals surface area contributed by atoms with Gasteiger partial charge in [-0.1, -0.05) is 18.5 Å². The lowest BCUT2D eigenvalue weighted by Crippen LogP contribution is -2.39. The Kier molecular flexibility index (Phi) is 4.12. The van der Waals surface area contributed by atoms with Crippen molar-refractivity contribution in [3.8, 4) is 0 Å². The number of hydrogen-bond acceptors (Lipinski definition) is 2. The number of halogens is 1. The van der Waals surface area contributed by atoms with Crippen LogP contribution < -0.4 is 5.32 Å². The zero-order valence-electron chi connectivity index (χ0n) is 10.9. The summed E-state index contributed by atoms with van der Waals surface area (Å²) in [6.45, 7) is 3.88. The first-order valence-electron chi connectivity index (χ1n) is 6.38. The SMILES string of the molecule is CNc1ccc(Cl)cc1C(=O)N1CCCC(C)C1. The van der Waals surface area contributed by atoms with E-state index >= 15 is 0 Å². The summed E-state index contributed by atoms with van der Waals surface area (Å²) >= 11 is 5.99. The van der Waals surface area contributed by atoms with Crippen LogP contribution in [-0.2, 0) is 0 Å². The van der Waals surface area contributed by atoms with Gasteiger partial charge in [0, 0.05) is 30.8 Å². The van der Waals surface area contributed by atoms with Gasteiger partial charge in [-0.25, -0.2) is 0 Å². The van der Waals surface area contributed by atoms with Gasteiger partial charge in [0.25, 0.3) is 5.91 Å². The molecule has 1 saturated heterocycles. The number of carbonyl (C=O) groups is 1. The maximum Gasteiger partial charge on any atom is 0.256 e. The molecule has 1 atom stereocenters. The van der Waals surface area contributed by atoms with E-state index in [4.69, 9.17) is 11.6 Å². The molecule has 3 nitrogen and oxygen atoms in total. The average Bonchev–Trinajstić information content (AvgIpc) is 2.38. The first-order chi connectivity index (χ1) is 8.61. The minimum absolute atomic E-state index is 0.0772. The Morgan fingerprint density at radius 1 is 1.50 bits per heavy atom. The highest BCUT2D eigenvalue weighted by molar-refractivity contribution is 6.31. The van der Waals surface area contributed by atoms with Crippen LogP contribution in [-0.4, -0.2) is 30.9 Å². The van der Waals surface area contributed by atoms with Crippen molar-refractivity contribution in [3.05, 3.63) is 28.8 Å². The molecule has 2 rings (SSSR count). The summed E-state index contributed by atoms with van der Waals surface area (Å²) in [7, 11) is 1.82. The van der Waals surface area contributed by atoms with Crippen LogP contribution in [0.15, 0.2) is 18.2 Å². The van der Waals surface area contributed by atoms with E-state index in [1.54, 1.807) is 12.1 Å². The van der Waals surface area contributed by atoms with Crippen LogP contribution in [0, 0.1) is 5.92 Å². The number of anilines is 1. The lowest BCUT2D eigenvalue weighted by molar-refractivity contribution is 0.0684. The molecule has 1 fully saturated rings. The highest BCUT2D eigenvalue weighted by Crippen LogP contribution is 2.24. The Labute approximate surface area is 113 Å². The van der Waals surface area contributed by atoms with Crippen molar-refractivity contribution in [2.75, 3.05) is 25.5 Å². The van der Waals surface area contributed by atoms with Crippen molar-refractivity contribution >= 4 is 23.2 Å². The second kappa shape index (κ2) is 5.61. The number of piperidine rings is 1. The van der Waals surface area contributed by atoms with E-state index in [1.165, 1.54) is 6.42 Å². The Hall–Kier alpha value is -1.22. The number of likely N-dealkylation sites (tertiary alicyclic amines) is 1. The molecule has 1 amide bonds. The van der Waals surface area contributed by atoms with Gasteiger partial charge in [0.05, 0.1) is 5.56 Å². The molecule has 0 radical (unpaired) electrons. The van der Waals surface area contributed by atoms with Gasteiger partial charge in [-0.3, -0.25) is 4.79 Å². The summed E-state index contributed by atoms with van der Waals surface area (Å²) < 4.78 is 0. The molecule has 98 valence electrons. The fraction of sp³-hybridized carbons (Fsp3) is 0.500. The van der Waals surface area contributed by atoms with Gasteiger partial charge in [0.15, 0.2) is 0 Å². The number of carbonyl (C=O) groups excluding carboxylic acids is 1. The summed E-state index contributed by atoms with van der Waals surface area (Å²) in [5.41, 5.74) is 1.50. The first kappa shape index (κ1) is 13.2. The summed E-state index contributed by atoms with van der Waals surface area (Å²) in [4.78, 5) is 14.4. The van der Waals surface area contributed by atoms with Crippen LogP contribution in [0.1, 0.15) is 30.1 Å². The normalized spacial score (nSPS) is 19.7. The summed E-state index contributed by atoms with van der Waals surface area (Å²) in [5, 5.41) is 3.65. The minimum Gasteiger partial charge on any atom is -0.387 e. The van der Waals surface area contributed by atoms with Crippen LogP contribution in [0.25, 0.3) is 0 Å². The molecule has 0 saturated carbocycles. The van der Waals surface area contributed by atoms with Gasteiger partial charge < -0.3 is 10.2 Å². The Balaban J connectivity index is 2.24. The molecule has 1 aliphatic rings. The Morgan fingerprint density at radius 3 is 2.94 bits per heavy atom. The fourth-order valence-corrected chi connectivity index (χ4v) is 2.63. The lowest BCUT2D eigenvalue weighted by atomic mass is 9.99. The average molecular weight is 267 g/mol. The predicted molar refractivity (Wildman–Crippen MR) is 75.3 cm³/mol. The number of nitrogens with one attached hydrogen (secondary N) is 1. The van der Waals surface area contributed by atoms with E-state index in [1.807, 2.05) is 18.0 Å². The fourth-order valence-electron chi connectivity index (χ4n) is 2.46. The standard InChI is InChI=1S/C14H19ClN2O/c1-10-4-3-7-17(9-10)14(18)12-8-11(15)5-6-13(12)16-2/h5-6,8,10,16H,3-4,7,9H2,1-2H3. The monoisotopic (exact) mass is 266 g/mol. The van der Waals surface area contributed by atoms with E-state index in [2.05, 4.69) is 12.2 Å². The molecule has 1 N–H and O–H groups in total. The molecule has 1 aliphatic heterocycles. The number of hydrogen-bond donors (Lipinski definition) is 1. The summed E-state index contributed by atoms with van der Waals surface area (Å²) in [6.07, 6.45) is 2.29. The third kappa shape index (κ3) is 2.78. The van der Waals surface area contributed by atoms with Crippen LogP contribution in [0.3, 0.4) is 0 Å². The van der Waals surface area contributed by atoms with Crippen LogP contribution in [0.5, 0.6) is 0 Å². The summed E-state index contributed by atoms with van der Waals surface area (Å²) in [5.74, 6) is 0.660. The second-order valence-electron chi connectivity index (χ2n) is 4.94. The topological polar surface area (TPSA) is 32.3 Å². The van der Waals surface area contributed by atoms with Crippen LogP contribution in [0.2, 0.25) is 5.02 Å². The van der Waals surface area contributed by atoms with E-state index in [0.29, 0.717) is 16.5 Å². The number of rotatable bonds is 2. The van der Waals surface area contributed by atoms with Crippen LogP contribution in [0.4, 0.5) is 5.69 Å². The van der Waals surface area contributed by atoms with Crippen molar-refractivity contribution in [1.82, 2.24) is 4.90 Å². The molecule has 4 heteroatoms. The van der Waals surface area contributed by atoms with E-state index in [0.717, 1.165) is 25.2 Å². The predicted octanol–water partition coefficient (Wildman–Crippen LogP) is 3.25. The molecule has 1 aromatic rings. The maximum atomic E-state index is 12.5. The zero-order valence-corrected chi connectivity index (χ0v) is 11.6. The molecule has 18 heavy (non-hydrogen) atoms.